The normalized spacial score (nSPS) is 15.0. The van der Waals surface area contributed by atoms with E-state index in [4.69, 9.17) is 9.47 Å². The summed E-state index contributed by atoms with van der Waals surface area (Å²) in [4.78, 5) is 16.9. The van der Waals surface area contributed by atoms with Crippen LogP contribution in [-0.4, -0.2) is 43.3 Å². The Morgan fingerprint density at radius 2 is 1.53 bits per heavy atom. The van der Waals surface area contributed by atoms with E-state index in [0.717, 1.165) is 0 Å². The molecule has 1 aliphatic rings. The Balaban J connectivity index is 1.30. The number of hydrogen-bond donors (Lipinski definition) is 1. The van der Waals surface area contributed by atoms with E-state index in [0.29, 0.717) is 55.5 Å². The Bertz CT molecular complexity index is 1190. The van der Waals surface area contributed by atoms with E-state index in [1.54, 1.807) is 73.1 Å². The van der Waals surface area contributed by atoms with Crippen LogP contribution in [0, 0.1) is 5.92 Å². The molecule has 0 radical (unpaired) electrons. The zero-order chi connectivity index (χ0) is 24.0. The van der Waals surface area contributed by atoms with Crippen LogP contribution in [0.25, 0.3) is 0 Å². The number of carbonyl (C=O) groups is 1. The fourth-order valence-corrected chi connectivity index (χ4v) is 5.24. The van der Waals surface area contributed by atoms with Gasteiger partial charge in [-0.1, -0.05) is 0 Å². The molecule has 1 aliphatic heterocycles. The first-order chi connectivity index (χ1) is 16.5. The van der Waals surface area contributed by atoms with Crippen LogP contribution < -0.4 is 14.8 Å². The second-order valence-corrected chi connectivity index (χ2v) is 9.82. The number of hydrogen-bond acceptors (Lipinski definition) is 6. The average Bonchev–Trinajstić information content (AvgIpc) is 2.86. The number of sulfonamides is 1. The van der Waals surface area contributed by atoms with Crippen molar-refractivity contribution in [1.82, 2.24) is 9.29 Å². The number of ether oxygens (including phenoxy) is 2. The second-order valence-electron chi connectivity index (χ2n) is 7.88. The zero-order valence-electron chi connectivity index (χ0n) is 18.9. The Hall–Kier alpha value is -3.43. The summed E-state index contributed by atoms with van der Waals surface area (Å²) >= 11 is 0. The number of piperidine rings is 1. The van der Waals surface area contributed by atoms with Crippen LogP contribution >= 0.6 is 0 Å². The summed E-state index contributed by atoms with van der Waals surface area (Å²) < 4.78 is 38.5. The Morgan fingerprint density at radius 3 is 2.15 bits per heavy atom. The van der Waals surface area contributed by atoms with E-state index in [1.807, 2.05) is 6.92 Å². The summed E-state index contributed by atoms with van der Waals surface area (Å²) in [6, 6.07) is 17.1. The van der Waals surface area contributed by atoms with Gasteiger partial charge in [0, 0.05) is 37.1 Å². The van der Waals surface area contributed by atoms with Crippen molar-refractivity contribution in [2.75, 3.05) is 25.0 Å². The molecular formula is C25H27N3O5S. The van der Waals surface area contributed by atoms with Gasteiger partial charge in [0.05, 0.1) is 11.5 Å². The first kappa shape index (κ1) is 23.7. The van der Waals surface area contributed by atoms with Crippen LogP contribution in [0.4, 0.5) is 5.69 Å². The highest BCUT2D eigenvalue weighted by Crippen LogP contribution is 2.27. The van der Waals surface area contributed by atoms with E-state index in [9.17, 15) is 13.2 Å². The molecule has 3 aromatic rings. The minimum atomic E-state index is -3.60. The smallest absolute Gasteiger partial charge is 0.243 e. The van der Waals surface area contributed by atoms with Crippen molar-refractivity contribution >= 4 is 21.6 Å². The molecule has 8 nitrogen and oxygen atoms in total. The summed E-state index contributed by atoms with van der Waals surface area (Å²) in [5.41, 5.74) is 0.663. The molecule has 0 aliphatic carbocycles. The van der Waals surface area contributed by atoms with Crippen molar-refractivity contribution in [1.29, 1.82) is 0 Å². The predicted octanol–water partition coefficient (Wildman–Crippen LogP) is 4.31. The maximum absolute atomic E-state index is 13.0. The van der Waals surface area contributed by atoms with Crippen molar-refractivity contribution < 1.29 is 22.7 Å². The quantitative estimate of drug-likeness (QED) is 0.515. The molecule has 0 atom stereocenters. The first-order valence-electron chi connectivity index (χ1n) is 11.2. The molecule has 1 fully saturated rings. The van der Waals surface area contributed by atoms with Gasteiger partial charge in [-0.2, -0.15) is 4.31 Å². The molecule has 0 bridgehead atoms. The highest BCUT2D eigenvalue weighted by atomic mass is 32.2. The fourth-order valence-electron chi connectivity index (χ4n) is 3.77. The van der Waals surface area contributed by atoms with Gasteiger partial charge in [-0.05, 0) is 80.4 Å². The van der Waals surface area contributed by atoms with Gasteiger partial charge in [0.2, 0.25) is 15.9 Å². The Labute approximate surface area is 199 Å². The van der Waals surface area contributed by atoms with Crippen molar-refractivity contribution in [3.8, 4) is 17.2 Å². The van der Waals surface area contributed by atoms with Gasteiger partial charge >= 0.3 is 0 Å². The molecule has 4 rings (SSSR count). The lowest BCUT2D eigenvalue weighted by molar-refractivity contribution is -0.120. The van der Waals surface area contributed by atoms with Crippen LogP contribution in [0.5, 0.6) is 17.2 Å². The number of pyridine rings is 1. The molecule has 1 aromatic heterocycles. The fraction of sp³-hybridized carbons (Fsp3) is 0.280. The molecule has 1 amide bonds. The summed E-state index contributed by atoms with van der Waals surface area (Å²) in [5.74, 6) is 1.60. The molecular weight excluding hydrogens is 454 g/mol. The number of amides is 1. The summed E-state index contributed by atoms with van der Waals surface area (Å²) in [6.07, 6.45) is 4.23. The largest absolute Gasteiger partial charge is 0.494 e. The van der Waals surface area contributed by atoms with Gasteiger partial charge in [-0.15, -0.1) is 0 Å². The lowest BCUT2D eigenvalue weighted by atomic mass is 9.97. The number of nitrogens with one attached hydrogen (secondary N) is 1. The molecule has 1 saturated heterocycles. The Kier molecular flexibility index (Phi) is 7.44. The highest BCUT2D eigenvalue weighted by Gasteiger charge is 2.32. The van der Waals surface area contributed by atoms with Crippen molar-refractivity contribution in [2.24, 2.45) is 5.92 Å². The lowest BCUT2D eigenvalue weighted by Crippen LogP contribution is -2.41. The standard InChI is InChI=1S/C25H27N3O5S/c1-2-32-21-7-9-24(10-8-21)34(30,31)28-17-13-19(14-18-28)25(29)27-20-3-5-22(6-4-20)33-23-11-15-26-16-12-23/h3-12,15-16,19H,2,13-14,17-18H2,1H3,(H,27,29). The number of benzene rings is 2. The van der Waals surface area contributed by atoms with Crippen LogP contribution in [-0.2, 0) is 14.8 Å². The molecule has 0 unspecified atom stereocenters. The average molecular weight is 482 g/mol. The van der Waals surface area contributed by atoms with E-state index < -0.39 is 10.0 Å². The van der Waals surface area contributed by atoms with Gasteiger partial charge in [-0.25, -0.2) is 8.42 Å². The van der Waals surface area contributed by atoms with E-state index in [-0.39, 0.29) is 16.7 Å². The minimum absolute atomic E-state index is 0.110. The number of carbonyl (C=O) groups excluding carboxylic acids is 1. The van der Waals surface area contributed by atoms with Crippen LogP contribution in [0.1, 0.15) is 19.8 Å². The molecule has 0 saturated carbocycles. The highest BCUT2D eigenvalue weighted by molar-refractivity contribution is 7.89. The zero-order valence-corrected chi connectivity index (χ0v) is 19.7. The second kappa shape index (κ2) is 10.7. The van der Waals surface area contributed by atoms with E-state index >= 15 is 0 Å². The molecule has 2 aromatic carbocycles. The number of anilines is 1. The van der Waals surface area contributed by atoms with Gasteiger partial charge in [0.25, 0.3) is 0 Å². The maximum atomic E-state index is 13.0. The van der Waals surface area contributed by atoms with Crippen molar-refractivity contribution in [2.45, 2.75) is 24.7 Å². The number of aromatic nitrogens is 1. The van der Waals surface area contributed by atoms with Crippen molar-refractivity contribution in [3.63, 3.8) is 0 Å². The summed E-state index contributed by atoms with van der Waals surface area (Å²) in [6.45, 7) is 2.99. The third-order valence-corrected chi connectivity index (χ3v) is 7.52. The minimum Gasteiger partial charge on any atom is -0.494 e. The topological polar surface area (TPSA) is 97.8 Å². The molecule has 2 heterocycles. The van der Waals surface area contributed by atoms with Crippen LogP contribution in [0.2, 0.25) is 0 Å². The van der Waals surface area contributed by atoms with Crippen LogP contribution in [0.3, 0.4) is 0 Å². The molecule has 1 N–H and O–H groups in total. The van der Waals surface area contributed by atoms with Crippen molar-refractivity contribution in [3.05, 3.63) is 73.1 Å². The summed E-state index contributed by atoms with van der Waals surface area (Å²) in [5, 5.41) is 2.92. The SMILES string of the molecule is CCOc1ccc(S(=O)(=O)N2CCC(C(=O)Nc3ccc(Oc4ccncc4)cc3)CC2)cc1. The molecule has 34 heavy (non-hydrogen) atoms. The monoisotopic (exact) mass is 481 g/mol. The third kappa shape index (κ3) is 5.73. The summed E-state index contributed by atoms with van der Waals surface area (Å²) in [7, 11) is -3.60. The van der Waals surface area contributed by atoms with Gasteiger partial charge in [-0.3, -0.25) is 9.78 Å². The number of rotatable bonds is 8. The number of nitrogens with zero attached hydrogens (tertiary/aromatic N) is 2. The maximum Gasteiger partial charge on any atom is 0.243 e. The molecule has 178 valence electrons. The molecule has 0 spiro atoms. The van der Waals surface area contributed by atoms with Gasteiger partial charge in [0.1, 0.15) is 17.2 Å². The van der Waals surface area contributed by atoms with Crippen LogP contribution in [0.15, 0.2) is 78.0 Å². The first-order valence-corrected chi connectivity index (χ1v) is 12.6. The lowest BCUT2D eigenvalue weighted by Gasteiger charge is -2.30. The van der Waals surface area contributed by atoms with E-state index in [2.05, 4.69) is 10.3 Å². The Morgan fingerprint density at radius 1 is 0.941 bits per heavy atom. The van der Waals surface area contributed by atoms with Gasteiger partial charge in [0.15, 0.2) is 0 Å². The third-order valence-electron chi connectivity index (χ3n) is 5.60. The predicted molar refractivity (Wildman–Crippen MR) is 128 cm³/mol. The van der Waals surface area contributed by atoms with E-state index in [1.165, 1.54) is 4.31 Å². The van der Waals surface area contributed by atoms with Gasteiger partial charge < -0.3 is 14.8 Å². The molecule has 9 heteroatoms.